The second kappa shape index (κ2) is 4.33. The van der Waals surface area contributed by atoms with Crippen molar-refractivity contribution in [3.63, 3.8) is 0 Å². The average Bonchev–Trinajstić information content (AvgIpc) is 2.27. The summed E-state index contributed by atoms with van der Waals surface area (Å²) in [5.74, 6) is -0.440. The maximum absolute atomic E-state index is 11.8. The molecule has 0 saturated carbocycles. The first-order chi connectivity index (χ1) is 8.09. The molecule has 17 heavy (non-hydrogen) atoms. The third-order valence-electron chi connectivity index (χ3n) is 2.69. The molecule has 0 aliphatic carbocycles. The van der Waals surface area contributed by atoms with E-state index in [1.54, 1.807) is 6.92 Å². The lowest BCUT2D eigenvalue weighted by Gasteiger charge is -2.07. The van der Waals surface area contributed by atoms with E-state index in [-0.39, 0.29) is 0 Å². The molecule has 0 saturated heterocycles. The molecule has 0 aromatic heterocycles. The van der Waals surface area contributed by atoms with Crippen molar-refractivity contribution in [1.82, 2.24) is 0 Å². The largest absolute Gasteiger partial charge is 0.287 e. The third-order valence-corrected chi connectivity index (χ3v) is 2.69. The number of benzene rings is 2. The van der Waals surface area contributed by atoms with Crippen LogP contribution >= 0.6 is 0 Å². The van der Waals surface area contributed by atoms with Crippen LogP contribution in [-0.2, 0) is 0 Å². The molecule has 0 aliphatic heterocycles. The SMILES string of the molecule is Cc1ccc2ccccc2c1C(=O)C[N+](=O)[O-]. The number of fused-ring (bicyclic) bond motifs is 1. The molecule has 0 amide bonds. The fraction of sp³-hybridized carbons (Fsp3) is 0.154. The lowest BCUT2D eigenvalue weighted by molar-refractivity contribution is -0.465. The van der Waals surface area contributed by atoms with Crippen LogP contribution in [0.4, 0.5) is 0 Å². The van der Waals surface area contributed by atoms with Crippen molar-refractivity contribution in [3.8, 4) is 0 Å². The summed E-state index contributed by atoms with van der Waals surface area (Å²) in [7, 11) is 0. The molecule has 4 heteroatoms. The number of rotatable bonds is 3. The van der Waals surface area contributed by atoms with E-state index in [0.717, 1.165) is 16.3 Å². The Kier molecular flexibility index (Phi) is 2.87. The van der Waals surface area contributed by atoms with Crippen LogP contribution in [0, 0.1) is 17.0 Å². The van der Waals surface area contributed by atoms with Crippen molar-refractivity contribution in [2.24, 2.45) is 0 Å². The zero-order chi connectivity index (χ0) is 12.4. The van der Waals surface area contributed by atoms with Crippen molar-refractivity contribution < 1.29 is 9.72 Å². The first-order valence-corrected chi connectivity index (χ1v) is 5.23. The Labute approximate surface area is 98.0 Å². The molecule has 4 nitrogen and oxygen atoms in total. The van der Waals surface area contributed by atoms with Gasteiger partial charge in [-0.15, -0.1) is 0 Å². The summed E-state index contributed by atoms with van der Waals surface area (Å²) in [6, 6.07) is 11.1. The van der Waals surface area contributed by atoms with Gasteiger partial charge in [0.1, 0.15) is 0 Å². The van der Waals surface area contributed by atoms with Crippen molar-refractivity contribution in [1.29, 1.82) is 0 Å². The predicted molar refractivity (Wildman–Crippen MR) is 64.9 cm³/mol. The fourth-order valence-corrected chi connectivity index (χ4v) is 1.95. The highest BCUT2D eigenvalue weighted by Crippen LogP contribution is 2.22. The Balaban J connectivity index is 2.62. The molecule has 0 heterocycles. The van der Waals surface area contributed by atoms with Crippen molar-refractivity contribution in [2.75, 3.05) is 6.54 Å². The summed E-state index contributed by atoms with van der Waals surface area (Å²) in [6.45, 7) is 1.13. The Hall–Kier alpha value is -2.23. The summed E-state index contributed by atoms with van der Waals surface area (Å²) >= 11 is 0. The lowest BCUT2D eigenvalue weighted by Crippen LogP contribution is -2.15. The van der Waals surface area contributed by atoms with Gasteiger partial charge in [-0.25, -0.2) is 0 Å². The fourth-order valence-electron chi connectivity index (χ4n) is 1.95. The van der Waals surface area contributed by atoms with Gasteiger partial charge in [-0.05, 0) is 23.3 Å². The molecule has 2 aromatic rings. The molecule has 0 aliphatic rings. The molecule has 2 rings (SSSR count). The van der Waals surface area contributed by atoms with Crippen LogP contribution < -0.4 is 0 Å². The molecule has 0 unspecified atom stereocenters. The zero-order valence-electron chi connectivity index (χ0n) is 9.34. The number of hydrogen-bond donors (Lipinski definition) is 0. The topological polar surface area (TPSA) is 60.2 Å². The second-order valence-electron chi connectivity index (χ2n) is 3.89. The van der Waals surface area contributed by atoms with E-state index < -0.39 is 17.3 Å². The van der Waals surface area contributed by atoms with Crippen LogP contribution in [0.1, 0.15) is 15.9 Å². The van der Waals surface area contributed by atoms with Gasteiger partial charge in [0.15, 0.2) is 0 Å². The third kappa shape index (κ3) is 2.15. The van der Waals surface area contributed by atoms with Crippen molar-refractivity contribution >= 4 is 16.6 Å². The summed E-state index contributed by atoms with van der Waals surface area (Å²) in [4.78, 5) is 21.7. The maximum Gasteiger partial charge on any atom is 0.265 e. The summed E-state index contributed by atoms with van der Waals surface area (Å²) in [5, 5.41) is 12.1. The summed E-state index contributed by atoms with van der Waals surface area (Å²) < 4.78 is 0. The summed E-state index contributed by atoms with van der Waals surface area (Å²) in [6.07, 6.45) is 0. The molecule has 0 N–H and O–H groups in total. The van der Waals surface area contributed by atoms with E-state index in [1.165, 1.54) is 0 Å². The lowest BCUT2D eigenvalue weighted by atomic mass is 9.97. The van der Waals surface area contributed by atoms with Crippen LogP contribution in [0.15, 0.2) is 36.4 Å². The number of carbonyl (C=O) groups excluding carboxylic acids is 1. The molecule has 86 valence electrons. The second-order valence-corrected chi connectivity index (χ2v) is 3.89. The first-order valence-electron chi connectivity index (χ1n) is 5.23. The van der Waals surface area contributed by atoms with E-state index in [2.05, 4.69) is 0 Å². The number of nitro groups is 1. The Morgan fingerprint density at radius 1 is 1.24 bits per heavy atom. The van der Waals surface area contributed by atoms with Gasteiger partial charge in [0.05, 0.1) is 0 Å². The number of Topliss-reactive ketones (excluding diaryl/α,β-unsaturated/α-hetero) is 1. The molecule has 2 aromatic carbocycles. The van der Waals surface area contributed by atoms with Crippen LogP contribution in [0.2, 0.25) is 0 Å². The Morgan fingerprint density at radius 2 is 1.94 bits per heavy atom. The van der Waals surface area contributed by atoms with Gasteiger partial charge < -0.3 is 0 Å². The normalized spacial score (nSPS) is 10.4. The van der Waals surface area contributed by atoms with Crippen LogP contribution in [0.25, 0.3) is 10.8 Å². The van der Waals surface area contributed by atoms with E-state index in [0.29, 0.717) is 5.56 Å². The van der Waals surface area contributed by atoms with Crippen LogP contribution in [-0.4, -0.2) is 17.3 Å². The Morgan fingerprint density at radius 3 is 2.65 bits per heavy atom. The number of nitrogens with zero attached hydrogens (tertiary/aromatic N) is 1. The monoisotopic (exact) mass is 229 g/mol. The standard InChI is InChI=1S/C13H11NO3/c1-9-6-7-10-4-2-3-5-11(10)13(9)12(15)8-14(16)17/h2-7H,8H2,1H3. The Bertz CT molecular complexity index is 605. The van der Waals surface area contributed by atoms with E-state index in [9.17, 15) is 14.9 Å². The van der Waals surface area contributed by atoms with E-state index in [4.69, 9.17) is 0 Å². The summed E-state index contributed by atoms with van der Waals surface area (Å²) in [5.41, 5.74) is 1.23. The molecular formula is C13H11NO3. The van der Waals surface area contributed by atoms with E-state index >= 15 is 0 Å². The highest BCUT2D eigenvalue weighted by atomic mass is 16.6. The smallest absolute Gasteiger partial charge is 0.265 e. The minimum atomic E-state index is -0.658. The van der Waals surface area contributed by atoms with Crippen molar-refractivity contribution in [3.05, 3.63) is 57.6 Å². The minimum absolute atomic E-state index is 0.440. The number of hydrogen-bond acceptors (Lipinski definition) is 3. The quantitative estimate of drug-likeness (QED) is 0.461. The van der Waals surface area contributed by atoms with Gasteiger partial charge in [-0.3, -0.25) is 14.9 Å². The predicted octanol–water partition coefficient (Wildman–Crippen LogP) is 2.61. The van der Waals surface area contributed by atoms with Crippen LogP contribution in [0.5, 0.6) is 0 Å². The molecule has 0 spiro atoms. The van der Waals surface area contributed by atoms with Crippen LogP contribution in [0.3, 0.4) is 0 Å². The van der Waals surface area contributed by atoms with Gasteiger partial charge in [-0.1, -0.05) is 36.4 Å². The van der Waals surface area contributed by atoms with Gasteiger partial charge in [0.2, 0.25) is 5.78 Å². The van der Waals surface area contributed by atoms with Gasteiger partial charge in [0.25, 0.3) is 6.54 Å². The highest BCUT2D eigenvalue weighted by Gasteiger charge is 2.17. The number of aryl methyl sites for hydroxylation is 1. The molecule has 0 bridgehead atoms. The number of carbonyl (C=O) groups is 1. The van der Waals surface area contributed by atoms with Crippen molar-refractivity contribution in [2.45, 2.75) is 6.92 Å². The van der Waals surface area contributed by atoms with Gasteiger partial charge in [0, 0.05) is 10.5 Å². The molecule has 0 fully saturated rings. The minimum Gasteiger partial charge on any atom is -0.287 e. The highest BCUT2D eigenvalue weighted by molar-refractivity contribution is 6.09. The molecule has 0 atom stereocenters. The average molecular weight is 229 g/mol. The zero-order valence-corrected chi connectivity index (χ0v) is 9.34. The maximum atomic E-state index is 11.8. The van der Waals surface area contributed by atoms with Gasteiger partial charge >= 0.3 is 0 Å². The molecular weight excluding hydrogens is 218 g/mol. The van der Waals surface area contributed by atoms with E-state index in [1.807, 2.05) is 36.4 Å². The van der Waals surface area contributed by atoms with Gasteiger partial charge in [-0.2, -0.15) is 0 Å². The first kappa shape index (κ1) is 11.3. The molecule has 0 radical (unpaired) electrons. The number of ketones is 1.